The number of hydrogen-bond acceptors (Lipinski definition) is 2. The number of benzene rings is 1. The summed E-state index contributed by atoms with van der Waals surface area (Å²) in [6.07, 6.45) is 0.731. The molecule has 0 radical (unpaired) electrons. The van der Waals surface area contributed by atoms with Crippen LogP contribution >= 0.6 is 0 Å². The average molecular weight is 280 g/mol. The monoisotopic (exact) mass is 280 g/mol. The van der Waals surface area contributed by atoms with E-state index in [4.69, 9.17) is 9.53 Å². The summed E-state index contributed by atoms with van der Waals surface area (Å²) in [5.41, 5.74) is 3.69. The maximum absolute atomic E-state index is 8.99. The zero-order chi connectivity index (χ0) is 14.7. The van der Waals surface area contributed by atoms with Gasteiger partial charge in [0.2, 0.25) is 0 Å². The molecule has 0 aliphatic rings. The molecule has 0 heterocycles. The van der Waals surface area contributed by atoms with Crippen LogP contribution in [0.15, 0.2) is 18.2 Å². The molecule has 0 spiro atoms. The third kappa shape index (κ3) is 4.44. The molecular weight excluding hydrogens is 252 g/mol. The summed E-state index contributed by atoms with van der Waals surface area (Å²) in [5, 5.41) is 9.24. The van der Waals surface area contributed by atoms with Gasteiger partial charge in [0.1, 0.15) is 0 Å². The predicted octanol–water partition coefficient (Wildman–Crippen LogP) is 4.05. The van der Waals surface area contributed by atoms with E-state index in [1.165, 1.54) is 16.7 Å². The normalized spacial score (nSPS) is 12.8. The van der Waals surface area contributed by atoms with Crippen LogP contribution in [-0.2, 0) is 17.5 Å². The largest absolute Gasteiger partial charge is 0.413 e. The van der Waals surface area contributed by atoms with Gasteiger partial charge in [-0.05, 0) is 48.2 Å². The molecule has 0 aliphatic heterocycles. The summed E-state index contributed by atoms with van der Waals surface area (Å²) in [5.74, 6) is 0. The van der Waals surface area contributed by atoms with Gasteiger partial charge in [-0.25, -0.2) is 0 Å². The zero-order valence-electron chi connectivity index (χ0n) is 13.2. The Morgan fingerprint density at radius 2 is 1.84 bits per heavy atom. The van der Waals surface area contributed by atoms with Crippen molar-refractivity contribution in [3.8, 4) is 0 Å². The van der Waals surface area contributed by atoms with E-state index < -0.39 is 8.32 Å². The Balaban J connectivity index is 2.72. The Morgan fingerprint density at radius 3 is 2.32 bits per heavy atom. The molecule has 0 aliphatic carbocycles. The van der Waals surface area contributed by atoms with Gasteiger partial charge < -0.3 is 9.53 Å². The lowest BCUT2D eigenvalue weighted by molar-refractivity contribution is 0.276. The standard InChI is InChI=1S/C16H28O2Si/c1-13-11-14(7-8-15(13)9-10-17)12-18-19(5,6)16(2,3)4/h7-8,11,17H,9-10,12H2,1-6H3. The molecule has 19 heavy (non-hydrogen) atoms. The number of aryl methyl sites for hydroxylation is 1. The summed E-state index contributed by atoms with van der Waals surface area (Å²) < 4.78 is 6.22. The minimum atomic E-state index is -1.67. The van der Waals surface area contributed by atoms with Crippen LogP contribution in [0.1, 0.15) is 37.5 Å². The van der Waals surface area contributed by atoms with Crippen LogP contribution in [0.25, 0.3) is 0 Å². The third-order valence-corrected chi connectivity index (χ3v) is 8.67. The molecule has 1 aromatic carbocycles. The van der Waals surface area contributed by atoms with Crippen LogP contribution in [0.4, 0.5) is 0 Å². The first-order valence-electron chi connectivity index (χ1n) is 7.00. The van der Waals surface area contributed by atoms with Crippen molar-refractivity contribution >= 4 is 8.32 Å². The summed E-state index contributed by atoms with van der Waals surface area (Å²) in [4.78, 5) is 0. The third-order valence-electron chi connectivity index (χ3n) is 4.19. The average Bonchev–Trinajstić information content (AvgIpc) is 2.28. The van der Waals surface area contributed by atoms with Gasteiger partial charge in [0.25, 0.3) is 0 Å². The second-order valence-electron chi connectivity index (χ2n) is 6.78. The molecule has 3 heteroatoms. The van der Waals surface area contributed by atoms with Gasteiger partial charge in [-0.1, -0.05) is 39.0 Å². The van der Waals surface area contributed by atoms with Gasteiger partial charge in [0, 0.05) is 6.61 Å². The minimum Gasteiger partial charge on any atom is -0.413 e. The van der Waals surface area contributed by atoms with Crippen molar-refractivity contribution in [3.63, 3.8) is 0 Å². The Kier molecular flexibility index (Phi) is 5.36. The first kappa shape index (κ1) is 16.4. The highest BCUT2D eigenvalue weighted by atomic mass is 28.4. The number of aliphatic hydroxyl groups excluding tert-OH is 1. The Bertz CT molecular complexity index is 419. The van der Waals surface area contributed by atoms with Crippen molar-refractivity contribution in [1.29, 1.82) is 0 Å². The number of aliphatic hydroxyl groups is 1. The van der Waals surface area contributed by atoms with Crippen LogP contribution < -0.4 is 0 Å². The summed E-state index contributed by atoms with van der Waals surface area (Å²) in [6.45, 7) is 14.3. The predicted molar refractivity (Wildman–Crippen MR) is 84.0 cm³/mol. The van der Waals surface area contributed by atoms with E-state index in [2.05, 4.69) is 59.0 Å². The molecule has 1 N–H and O–H groups in total. The van der Waals surface area contributed by atoms with E-state index in [1.807, 2.05) is 0 Å². The Hall–Kier alpha value is -0.643. The molecule has 1 rings (SSSR count). The van der Waals surface area contributed by atoms with Crippen LogP contribution in [0.2, 0.25) is 18.1 Å². The van der Waals surface area contributed by atoms with Crippen LogP contribution in [0.3, 0.4) is 0 Å². The highest BCUT2D eigenvalue weighted by Crippen LogP contribution is 2.37. The van der Waals surface area contributed by atoms with Gasteiger partial charge in [-0.2, -0.15) is 0 Å². The molecule has 0 unspecified atom stereocenters. The molecule has 0 saturated carbocycles. The van der Waals surface area contributed by atoms with Crippen molar-refractivity contribution in [2.45, 2.75) is 58.9 Å². The smallest absolute Gasteiger partial charge is 0.192 e. The fraction of sp³-hybridized carbons (Fsp3) is 0.625. The zero-order valence-corrected chi connectivity index (χ0v) is 14.2. The highest BCUT2D eigenvalue weighted by Gasteiger charge is 2.36. The number of rotatable bonds is 5. The molecule has 0 saturated heterocycles. The lowest BCUT2D eigenvalue weighted by atomic mass is 10.0. The molecule has 0 fully saturated rings. The minimum absolute atomic E-state index is 0.209. The SMILES string of the molecule is Cc1cc(CO[Si](C)(C)C(C)(C)C)ccc1CCO. The van der Waals surface area contributed by atoms with Crippen molar-refractivity contribution in [2.75, 3.05) is 6.61 Å². The summed E-state index contributed by atoms with van der Waals surface area (Å²) in [7, 11) is -1.67. The Labute approximate surface area is 118 Å². The van der Waals surface area contributed by atoms with Crippen LogP contribution in [0.5, 0.6) is 0 Å². The van der Waals surface area contributed by atoms with E-state index in [-0.39, 0.29) is 11.6 Å². The van der Waals surface area contributed by atoms with Gasteiger partial charge >= 0.3 is 0 Å². The topological polar surface area (TPSA) is 29.5 Å². The van der Waals surface area contributed by atoms with Gasteiger partial charge in [0.05, 0.1) is 6.61 Å². The van der Waals surface area contributed by atoms with Gasteiger partial charge in [0.15, 0.2) is 8.32 Å². The molecule has 1 aromatic rings. The lowest BCUT2D eigenvalue weighted by Gasteiger charge is -2.36. The Morgan fingerprint density at radius 1 is 1.21 bits per heavy atom. The van der Waals surface area contributed by atoms with E-state index in [1.54, 1.807) is 0 Å². The van der Waals surface area contributed by atoms with Gasteiger partial charge in [-0.3, -0.25) is 0 Å². The van der Waals surface area contributed by atoms with Crippen molar-refractivity contribution in [2.24, 2.45) is 0 Å². The van der Waals surface area contributed by atoms with Crippen molar-refractivity contribution in [1.82, 2.24) is 0 Å². The summed E-state index contributed by atoms with van der Waals surface area (Å²) >= 11 is 0. The van der Waals surface area contributed by atoms with Crippen molar-refractivity contribution in [3.05, 3.63) is 34.9 Å². The first-order valence-corrected chi connectivity index (χ1v) is 9.91. The fourth-order valence-electron chi connectivity index (χ4n) is 1.73. The first-order chi connectivity index (χ1) is 8.67. The molecule has 108 valence electrons. The molecule has 0 atom stereocenters. The van der Waals surface area contributed by atoms with Crippen LogP contribution in [-0.4, -0.2) is 20.0 Å². The van der Waals surface area contributed by atoms with Gasteiger partial charge in [-0.15, -0.1) is 0 Å². The second kappa shape index (κ2) is 6.20. The maximum Gasteiger partial charge on any atom is 0.192 e. The van der Waals surface area contributed by atoms with E-state index in [0.717, 1.165) is 6.42 Å². The van der Waals surface area contributed by atoms with Crippen LogP contribution in [0, 0.1) is 6.92 Å². The van der Waals surface area contributed by atoms with E-state index in [0.29, 0.717) is 6.61 Å². The van der Waals surface area contributed by atoms with E-state index in [9.17, 15) is 0 Å². The molecular formula is C16H28O2Si. The fourth-order valence-corrected chi connectivity index (χ4v) is 2.69. The highest BCUT2D eigenvalue weighted by molar-refractivity contribution is 6.74. The number of hydrogen-bond donors (Lipinski definition) is 1. The lowest BCUT2D eigenvalue weighted by Crippen LogP contribution is -2.40. The second-order valence-corrected chi connectivity index (χ2v) is 11.6. The van der Waals surface area contributed by atoms with E-state index >= 15 is 0 Å². The van der Waals surface area contributed by atoms with Crippen molar-refractivity contribution < 1.29 is 9.53 Å². The molecule has 0 bridgehead atoms. The molecule has 0 amide bonds. The quantitative estimate of drug-likeness (QED) is 0.824. The maximum atomic E-state index is 8.99. The summed E-state index contributed by atoms with van der Waals surface area (Å²) in [6, 6.07) is 6.40. The molecule has 0 aromatic heterocycles. The molecule has 2 nitrogen and oxygen atoms in total.